The highest BCUT2D eigenvalue weighted by atomic mass is 32.1. The van der Waals surface area contributed by atoms with Crippen LogP contribution in [0.1, 0.15) is 26.4 Å². The van der Waals surface area contributed by atoms with Gasteiger partial charge in [-0.3, -0.25) is 9.69 Å². The molecule has 3 aromatic rings. The van der Waals surface area contributed by atoms with Crippen LogP contribution in [0.15, 0.2) is 60.0 Å². The van der Waals surface area contributed by atoms with Crippen LogP contribution in [-0.2, 0) is 13.2 Å². The van der Waals surface area contributed by atoms with Crippen LogP contribution in [0.25, 0.3) is 0 Å². The molecule has 0 unspecified atom stereocenters. The molecular weight excluding hydrogens is 408 g/mol. The maximum atomic E-state index is 13.0. The molecule has 0 aliphatic carbocycles. The van der Waals surface area contributed by atoms with Gasteiger partial charge in [0, 0.05) is 38.3 Å². The van der Waals surface area contributed by atoms with E-state index in [1.807, 2.05) is 40.6 Å². The highest BCUT2D eigenvalue weighted by molar-refractivity contribution is 7.12. The molecule has 31 heavy (non-hydrogen) atoms. The summed E-state index contributed by atoms with van der Waals surface area (Å²) in [4.78, 5) is 18.1. The molecule has 0 spiro atoms. The minimum atomic E-state index is 0.115. The first-order valence-corrected chi connectivity index (χ1v) is 11.4. The summed E-state index contributed by atoms with van der Waals surface area (Å²) in [5.41, 5.74) is 3.68. The third kappa shape index (κ3) is 5.27. The van der Waals surface area contributed by atoms with Crippen molar-refractivity contribution in [2.45, 2.75) is 20.1 Å². The van der Waals surface area contributed by atoms with E-state index in [1.54, 1.807) is 7.11 Å². The first-order valence-electron chi connectivity index (χ1n) is 10.5. The fourth-order valence-electron chi connectivity index (χ4n) is 3.76. The van der Waals surface area contributed by atoms with Gasteiger partial charge in [-0.1, -0.05) is 36.4 Å². The molecule has 5 nitrogen and oxygen atoms in total. The molecule has 4 rings (SSSR count). The van der Waals surface area contributed by atoms with Gasteiger partial charge in [0.05, 0.1) is 12.0 Å². The molecular formula is C25H28N2O3S. The standard InChI is InChI=1S/C25H28N2O3S/c1-19-7-3-4-8-21(19)16-26-11-13-27(14-12-26)25(28)24-15-20(18-31-24)17-30-23-10-6-5-9-22(23)29-2/h3-10,15,18H,11-14,16-17H2,1-2H3. The van der Waals surface area contributed by atoms with Gasteiger partial charge in [0.1, 0.15) is 6.61 Å². The molecule has 1 aliphatic heterocycles. The lowest BCUT2D eigenvalue weighted by atomic mass is 10.1. The molecule has 1 aromatic heterocycles. The third-order valence-corrected chi connectivity index (χ3v) is 6.61. The lowest BCUT2D eigenvalue weighted by molar-refractivity contribution is 0.0633. The van der Waals surface area contributed by atoms with Crippen molar-refractivity contribution < 1.29 is 14.3 Å². The van der Waals surface area contributed by atoms with Gasteiger partial charge in [0.2, 0.25) is 0 Å². The number of benzene rings is 2. The molecule has 0 bridgehead atoms. The Morgan fingerprint density at radius 2 is 1.71 bits per heavy atom. The average Bonchev–Trinajstić information content (AvgIpc) is 3.28. The number of rotatable bonds is 7. The maximum absolute atomic E-state index is 13.0. The Balaban J connectivity index is 1.29. The Hall–Kier alpha value is -2.83. The molecule has 0 saturated carbocycles. The predicted molar refractivity (Wildman–Crippen MR) is 124 cm³/mol. The number of nitrogens with zero attached hydrogens (tertiary/aromatic N) is 2. The number of para-hydroxylation sites is 2. The van der Waals surface area contributed by atoms with Crippen molar-refractivity contribution in [2.75, 3.05) is 33.3 Å². The minimum Gasteiger partial charge on any atom is -0.493 e. The Labute approximate surface area is 187 Å². The molecule has 1 fully saturated rings. The number of carbonyl (C=O) groups is 1. The Morgan fingerprint density at radius 1 is 1.00 bits per heavy atom. The smallest absolute Gasteiger partial charge is 0.264 e. The van der Waals surface area contributed by atoms with Crippen molar-refractivity contribution in [3.8, 4) is 11.5 Å². The number of piperazine rings is 1. The fraction of sp³-hybridized carbons (Fsp3) is 0.320. The highest BCUT2D eigenvalue weighted by Crippen LogP contribution is 2.27. The summed E-state index contributed by atoms with van der Waals surface area (Å²) in [7, 11) is 1.63. The lowest BCUT2D eigenvalue weighted by Gasteiger charge is -2.34. The topological polar surface area (TPSA) is 42.0 Å². The first kappa shape index (κ1) is 21.4. The number of aryl methyl sites for hydroxylation is 1. The summed E-state index contributed by atoms with van der Waals surface area (Å²) in [5, 5.41) is 2.00. The molecule has 1 amide bonds. The van der Waals surface area contributed by atoms with E-state index in [9.17, 15) is 4.79 Å². The van der Waals surface area contributed by atoms with Crippen molar-refractivity contribution in [3.05, 3.63) is 81.5 Å². The molecule has 0 atom stereocenters. The summed E-state index contributed by atoms with van der Waals surface area (Å²) in [5.74, 6) is 1.52. The van der Waals surface area contributed by atoms with Crippen LogP contribution in [0.2, 0.25) is 0 Å². The number of methoxy groups -OCH3 is 1. The van der Waals surface area contributed by atoms with Gasteiger partial charge in [0.25, 0.3) is 5.91 Å². The summed E-state index contributed by atoms with van der Waals surface area (Å²) >= 11 is 1.49. The Kier molecular flexibility index (Phi) is 6.89. The van der Waals surface area contributed by atoms with Gasteiger partial charge in [-0.25, -0.2) is 0 Å². The fourth-order valence-corrected chi connectivity index (χ4v) is 4.62. The number of hydrogen-bond acceptors (Lipinski definition) is 5. The quantitative estimate of drug-likeness (QED) is 0.543. The number of hydrogen-bond donors (Lipinski definition) is 0. The highest BCUT2D eigenvalue weighted by Gasteiger charge is 2.23. The van der Waals surface area contributed by atoms with E-state index in [1.165, 1.54) is 22.5 Å². The zero-order valence-corrected chi connectivity index (χ0v) is 18.9. The maximum Gasteiger partial charge on any atom is 0.264 e. The van der Waals surface area contributed by atoms with Crippen LogP contribution in [0.5, 0.6) is 11.5 Å². The SMILES string of the molecule is COc1ccccc1OCc1csc(C(=O)N2CCN(Cc3ccccc3C)CC2)c1. The third-order valence-electron chi connectivity index (χ3n) is 5.64. The molecule has 6 heteroatoms. The largest absolute Gasteiger partial charge is 0.493 e. The van der Waals surface area contributed by atoms with Crippen LogP contribution >= 0.6 is 11.3 Å². The van der Waals surface area contributed by atoms with Crippen LogP contribution in [-0.4, -0.2) is 49.0 Å². The second-order valence-electron chi connectivity index (χ2n) is 7.75. The average molecular weight is 437 g/mol. The van der Waals surface area contributed by atoms with Crippen molar-refractivity contribution >= 4 is 17.2 Å². The molecule has 2 aromatic carbocycles. The Bertz CT molecular complexity index is 1020. The van der Waals surface area contributed by atoms with E-state index < -0.39 is 0 Å². The normalized spacial score (nSPS) is 14.5. The molecule has 1 saturated heterocycles. The van der Waals surface area contributed by atoms with Gasteiger partial charge in [0.15, 0.2) is 11.5 Å². The van der Waals surface area contributed by atoms with E-state index in [0.717, 1.165) is 43.2 Å². The van der Waals surface area contributed by atoms with Crippen LogP contribution in [0, 0.1) is 6.92 Å². The van der Waals surface area contributed by atoms with Crippen molar-refractivity contribution in [1.82, 2.24) is 9.80 Å². The zero-order chi connectivity index (χ0) is 21.6. The summed E-state index contributed by atoms with van der Waals surface area (Å²) in [6.45, 7) is 6.82. The van der Waals surface area contributed by atoms with Crippen molar-refractivity contribution in [1.29, 1.82) is 0 Å². The molecule has 0 N–H and O–H groups in total. The van der Waals surface area contributed by atoms with Crippen molar-refractivity contribution in [3.63, 3.8) is 0 Å². The minimum absolute atomic E-state index is 0.115. The van der Waals surface area contributed by atoms with Crippen LogP contribution in [0.4, 0.5) is 0 Å². The van der Waals surface area contributed by atoms with Gasteiger partial charge in [-0.2, -0.15) is 0 Å². The van der Waals surface area contributed by atoms with E-state index in [2.05, 4.69) is 36.1 Å². The van der Waals surface area contributed by atoms with E-state index >= 15 is 0 Å². The van der Waals surface area contributed by atoms with E-state index in [4.69, 9.17) is 9.47 Å². The van der Waals surface area contributed by atoms with Gasteiger partial charge in [-0.05, 0) is 41.6 Å². The van der Waals surface area contributed by atoms with Gasteiger partial charge < -0.3 is 14.4 Å². The summed E-state index contributed by atoms with van der Waals surface area (Å²) in [6, 6.07) is 18.0. The second-order valence-corrected chi connectivity index (χ2v) is 8.66. The van der Waals surface area contributed by atoms with Crippen LogP contribution < -0.4 is 9.47 Å². The second kappa shape index (κ2) is 9.98. The summed E-state index contributed by atoms with van der Waals surface area (Å²) in [6.07, 6.45) is 0. The Morgan fingerprint density at radius 3 is 2.45 bits per heavy atom. The number of thiophene rings is 1. The predicted octanol–water partition coefficient (Wildman–Crippen LogP) is 4.60. The molecule has 2 heterocycles. The molecule has 0 radical (unpaired) electrons. The van der Waals surface area contributed by atoms with Crippen molar-refractivity contribution in [2.24, 2.45) is 0 Å². The van der Waals surface area contributed by atoms with Gasteiger partial charge in [-0.15, -0.1) is 11.3 Å². The molecule has 162 valence electrons. The summed E-state index contributed by atoms with van der Waals surface area (Å²) < 4.78 is 11.2. The number of carbonyl (C=O) groups excluding carboxylic acids is 1. The zero-order valence-electron chi connectivity index (χ0n) is 18.0. The lowest BCUT2D eigenvalue weighted by Crippen LogP contribution is -2.48. The van der Waals surface area contributed by atoms with E-state index in [0.29, 0.717) is 18.1 Å². The number of amides is 1. The van der Waals surface area contributed by atoms with E-state index in [-0.39, 0.29) is 5.91 Å². The van der Waals surface area contributed by atoms with Gasteiger partial charge >= 0.3 is 0 Å². The number of ether oxygens (including phenoxy) is 2. The first-order chi connectivity index (χ1) is 15.1. The molecule has 1 aliphatic rings. The monoisotopic (exact) mass is 436 g/mol. The van der Waals surface area contributed by atoms with Crippen LogP contribution in [0.3, 0.4) is 0 Å².